The number of hydrogen-bond donors (Lipinski definition) is 2. The van der Waals surface area contributed by atoms with Crippen LogP contribution in [0.3, 0.4) is 0 Å². The molecule has 0 aromatic heterocycles. The number of rotatable bonds is 10. The molecule has 0 spiro atoms. The zero-order valence-corrected chi connectivity index (χ0v) is 31.5. The molecule has 0 aromatic rings. The van der Waals surface area contributed by atoms with E-state index in [1.807, 2.05) is 55.4 Å². The predicted molar refractivity (Wildman–Crippen MR) is 165 cm³/mol. The fraction of sp³-hybridized carbons (Fsp3) is 0.867. The van der Waals surface area contributed by atoms with E-state index in [1.54, 1.807) is 0 Å². The Morgan fingerprint density at radius 1 is 0.474 bits per heavy atom. The molecule has 8 heteroatoms. The van der Waals surface area contributed by atoms with E-state index in [2.05, 4.69) is 34.4 Å². The van der Waals surface area contributed by atoms with Gasteiger partial charge in [-0.3, -0.25) is 0 Å². The summed E-state index contributed by atoms with van der Waals surface area (Å²) in [6, 6.07) is 0. The van der Waals surface area contributed by atoms with E-state index in [0.717, 1.165) is 78.0 Å². The number of hydrogen-bond acceptors (Lipinski definition) is 2. The van der Waals surface area contributed by atoms with E-state index in [1.165, 1.54) is 25.7 Å². The molecule has 0 amide bonds. The quantitative estimate of drug-likeness (QED) is 0.223. The van der Waals surface area contributed by atoms with Crippen molar-refractivity contribution in [3.05, 3.63) is 45.9 Å². The number of allylic oxidation sites excluding steroid dienone is 2. The number of aliphatic hydroxyl groups is 2. The summed E-state index contributed by atoms with van der Waals surface area (Å²) in [5.41, 5.74) is 0. The first-order valence-electron chi connectivity index (χ1n) is 14.6. The van der Waals surface area contributed by atoms with Crippen molar-refractivity contribution in [2.75, 3.05) is 52.4 Å². The largest absolute Gasteiger partial charge is 3.00 e. The molecule has 6 nitrogen and oxygen atoms in total. The molecular weight excluding hydrogens is 631 g/mol. The van der Waals surface area contributed by atoms with Gasteiger partial charge in [-0.1, -0.05) is 94.2 Å². The fourth-order valence-electron chi connectivity index (χ4n) is 3.41. The summed E-state index contributed by atoms with van der Waals surface area (Å²) >= 11 is 0. The van der Waals surface area contributed by atoms with Gasteiger partial charge in [-0.2, -0.15) is 52.4 Å². The Bertz CT molecular complexity index is 361. The third kappa shape index (κ3) is 49.6. The van der Waals surface area contributed by atoms with Gasteiger partial charge >= 0.3 is 52.4 Å². The van der Waals surface area contributed by atoms with E-state index < -0.39 is 0 Å². The molecule has 2 saturated carbocycles. The van der Waals surface area contributed by atoms with E-state index in [9.17, 15) is 0 Å². The Kier molecular flexibility index (Phi) is 64.2. The van der Waals surface area contributed by atoms with Crippen molar-refractivity contribution in [1.29, 1.82) is 0 Å². The molecule has 0 unspecified atom stereocenters. The van der Waals surface area contributed by atoms with Crippen LogP contribution in [0.5, 0.6) is 0 Å². The van der Waals surface area contributed by atoms with Crippen LogP contribution in [0.15, 0.2) is 24.7 Å². The molecular formula is C30H64N4O2Zr2+2. The summed E-state index contributed by atoms with van der Waals surface area (Å²) in [7, 11) is 0. The van der Waals surface area contributed by atoms with Crippen molar-refractivity contribution in [2.45, 2.75) is 107 Å². The van der Waals surface area contributed by atoms with Crippen LogP contribution in [-0.4, -0.2) is 62.6 Å². The monoisotopic (exact) mass is 692 g/mol. The van der Waals surface area contributed by atoms with Crippen LogP contribution in [-0.2, 0) is 52.4 Å². The maximum absolute atomic E-state index is 8.86. The number of aliphatic hydroxyl groups excluding tert-OH is 2. The standard InChI is InChI=1S/2C7H12O.4C4H10N.2Zr/c2*1-6(8)7-4-2-3-5-7;4*1-3-5-4-2;;/h2*7-8H,1-5H2;4*3-4H2,1-2H3;;/q;;4*-1;2*+3. The molecule has 0 aromatic carbocycles. The molecule has 2 N–H and O–H groups in total. The second kappa shape index (κ2) is 47.5. The van der Waals surface area contributed by atoms with Gasteiger partial charge in [0.2, 0.25) is 0 Å². The molecule has 222 valence electrons. The molecule has 0 heterocycles. The first-order chi connectivity index (χ1) is 17.3. The Balaban J connectivity index is -0.0000000815. The van der Waals surface area contributed by atoms with Crippen molar-refractivity contribution in [2.24, 2.45) is 11.8 Å². The summed E-state index contributed by atoms with van der Waals surface area (Å²) in [6.45, 7) is 31.1. The topological polar surface area (TPSA) is 96.9 Å². The molecule has 0 bridgehead atoms. The minimum absolute atomic E-state index is 0. The Labute approximate surface area is 277 Å². The molecule has 2 aliphatic carbocycles. The molecule has 2 radical (unpaired) electrons. The van der Waals surface area contributed by atoms with Gasteiger partial charge in [0.1, 0.15) is 0 Å². The van der Waals surface area contributed by atoms with Crippen molar-refractivity contribution >= 4 is 0 Å². The summed E-state index contributed by atoms with van der Waals surface area (Å²) in [5.74, 6) is 1.63. The first-order valence-corrected chi connectivity index (χ1v) is 14.6. The summed E-state index contributed by atoms with van der Waals surface area (Å²) in [6.07, 6.45) is 9.66. The van der Waals surface area contributed by atoms with Gasteiger partial charge in [0, 0.05) is 11.8 Å². The smallest absolute Gasteiger partial charge is 0.663 e. The minimum atomic E-state index is 0. The van der Waals surface area contributed by atoms with Gasteiger partial charge in [-0.05, 0) is 25.7 Å². The van der Waals surface area contributed by atoms with Gasteiger partial charge in [0.15, 0.2) is 0 Å². The van der Waals surface area contributed by atoms with Crippen LogP contribution in [0, 0.1) is 11.8 Å². The maximum atomic E-state index is 8.86. The maximum Gasteiger partial charge on any atom is 3.00 e. The van der Waals surface area contributed by atoms with Crippen LogP contribution < -0.4 is 0 Å². The Morgan fingerprint density at radius 3 is 0.684 bits per heavy atom. The Morgan fingerprint density at radius 2 is 0.632 bits per heavy atom. The molecule has 2 aliphatic rings. The second-order valence-corrected chi connectivity index (χ2v) is 8.37. The first kappa shape index (κ1) is 51.4. The molecule has 2 fully saturated rings. The third-order valence-electron chi connectivity index (χ3n) is 5.44. The molecule has 0 atom stereocenters. The third-order valence-corrected chi connectivity index (χ3v) is 5.44. The second-order valence-electron chi connectivity index (χ2n) is 8.37. The van der Waals surface area contributed by atoms with Crippen LogP contribution in [0.1, 0.15) is 107 Å². The van der Waals surface area contributed by atoms with Gasteiger partial charge in [-0.25, -0.2) is 0 Å². The van der Waals surface area contributed by atoms with Crippen LogP contribution >= 0.6 is 0 Å². The summed E-state index contributed by atoms with van der Waals surface area (Å²) in [4.78, 5) is 0. The normalized spacial score (nSPS) is 13.5. The zero-order valence-electron chi connectivity index (χ0n) is 26.6. The van der Waals surface area contributed by atoms with Crippen LogP contribution in [0.4, 0.5) is 0 Å². The van der Waals surface area contributed by atoms with E-state index in [-0.39, 0.29) is 52.4 Å². The van der Waals surface area contributed by atoms with Crippen molar-refractivity contribution in [3.63, 3.8) is 0 Å². The van der Waals surface area contributed by atoms with Crippen molar-refractivity contribution < 1.29 is 62.6 Å². The predicted octanol–water partition coefficient (Wildman–Crippen LogP) is 10.1. The molecule has 0 aliphatic heterocycles. The summed E-state index contributed by atoms with van der Waals surface area (Å²) in [5, 5.41) is 33.6. The Hall–Kier alpha value is 0.686. The SMILES string of the molecule is C=C(O)C1CCCC1.C=C(O)C1CCCC1.CC[N-]CC.CC[N-]CC.CC[N-]CC.CC[N-]CC.[Zr+3].[Zr+3]. The molecule has 0 saturated heterocycles. The van der Waals surface area contributed by atoms with Gasteiger partial charge < -0.3 is 31.5 Å². The van der Waals surface area contributed by atoms with E-state index in [4.69, 9.17) is 10.2 Å². The van der Waals surface area contributed by atoms with Gasteiger partial charge in [-0.15, -0.1) is 0 Å². The summed E-state index contributed by atoms with van der Waals surface area (Å²) < 4.78 is 0. The van der Waals surface area contributed by atoms with Gasteiger partial charge in [0.05, 0.1) is 11.5 Å². The van der Waals surface area contributed by atoms with Gasteiger partial charge in [0.25, 0.3) is 0 Å². The fourth-order valence-corrected chi connectivity index (χ4v) is 3.41. The van der Waals surface area contributed by atoms with Crippen LogP contribution in [0.25, 0.3) is 21.3 Å². The number of nitrogens with zero attached hydrogens (tertiary/aromatic N) is 4. The van der Waals surface area contributed by atoms with E-state index >= 15 is 0 Å². The van der Waals surface area contributed by atoms with Crippen molar-refractivity contribution in [3.8, 4) is 0 Å². The minimum Gasteiger partial charge on any atom is -0.663 e. The molecule has 2 rings (SSSR count). The average molecular weight is 695 g/mol. The molecule has 38 heavy (non-hydrogen) atoms. The van der Waals surface area contributed by atoms with E-state index in [0.29, 0.717) is 23.4 Å². The van der Waals surface area contributed by atoms with Crippen LogP contribution in [0.2, 0.25) is 0 Å². The average Bonchev–Trinajstić information content (AvgIpc) is 3.58. The zero-order chi connectivity index (χ0) is 28.5. The van der Waals surface area contributed by atoms with Crippen molar-refractivity contribution in [1.82, 2.24) is 0 Å².